The first-order valence-electron chi connectivity index (χ1n) is 4.95. The van der Waals surface area contributed by atoms with E-state index in [1.165, 1.54) is 11.3 Å². The molecule has 0 spiro atoms. The summed E-state index contributed by atoms with van der Waals surface area (Å²) in [5, 5.41) is 12.8. The standard InChI is InChI=1S/C12H13NO2S/c1-8-7-16-12(13-8)11(14)9-5-3-4-6-10(9)15-2/h3-7,11,14H,1-2H3. The average Bonchev–Trinajstić information content (AvgIpc) is 2.75. The average molecular weight is 235 g/mol. The lowest BCUT2D eigenvalue weighted by Gasteiger charge is -2.12. The number of hydrogen-bond acceptors (Lipinski definition) is 4. The third-order valence-corrected chi connectivity index (χ3v) is 3.32. The first kappa shape index (κ1) is 11.1. The molecule has 0 aliphatic heterocycles. The summed E-state index contributed by atoms with van der Waals surface area (Å²) in [4.78, 5) is 4.28. The third kappa shape index (κ3) is 2.08. The highest BCUT2D eigenvalue weighted by molar-refractivity contribution is 7.09. The maximum Gasteiger partial charge on any atom is 0.134 e. The maximum absolute atomic E-state index is 10.2. The molecule has 2 rings (SSSR count). The third-order valence-electron chi connectivity index (χ3n) is 2.30. The van der Waals surface area contributed by atoms with Gasteiger partial charge in [0.1, 0.15) is 16.9 Å². The lowest BCUT2D eigenvalue weighted by molar-refractivity contribution is 0.214. The summed E-state index contributed by atoms with van der Waals surface area (Å²) in [6.07, 6.45) is -0.713. The normalized spacial score (nSPS) is 12.4. The van der Waals surface area contributed by atoms with Crippen LogP contribution < -0.4 is 4.74 Å². The summed E-state index contributed by atoms with van der Waals surface area (Å²) in [5.74, 6) is 0.683. The van der Waals surface area contributed by atoms with E-state index in [0.717, 1.165) is 11.3 Å². The first-order chi connectivity index (χ1) is 7.72. The first-order valence-corrected chi connectivity index (χ1v) is 5.83. The Kier molecular flexibility index (Phi) is 3.22. The van der Waals surface area contributed by atoms with Crippen molar-refractivity contribution in [3.8, 4) is 5.75 Å². The van der Waals surface area contributed by atoms with Gasteiger partial charge in [-0.15, -0.1) is 11.3 Å². The van der Waals surface area contributed by atoms with E-state index in [1.807, 2.05) is 36.6 Å². The number of benzene rings is 1. The number of aliphatic hydroxyl groups excluding tert-OH is 1. The van der Waals surface area contributed by atoms with Gasteiger partial charge in [-0.2, -0.15) is 0 Å². The fraction of sp³-hybridized carbons (Fsp3) is 0.250. The Morgan fingerprint density at radius 3 is 2.75 bits per heavy atom. The summed E-state index contributed by atoms with van der Waals surface area (Å²) in [6, 6.07) is 7.43. The number of aryl methyl sites for hydroxylation is 1. The van der Waals surface area contributed by atoms with Gasteiger partial charge in [0.15, 0.2) is 0 Å². The van der Waals surface area contributed by atoms with Crippen LogP contribution in [0.3, 0.4) is 0 Å². The summed E-state index contributed by atoms with van der Waals surface area (Å²) in [5.41, 5.74) is 1.67. The van der Waals surface area contributed by atoms with Crippen LogP contribution in [0.4, 0.5) is 0 Å². The number of rotatable bonds is 3. The minimum atomic E-state index is -0.713. The monoisotopic (exact) mass is 235 g/mol. The zero-order valence-electron chi connectivity index (χ0n) is 9.18. The van der Waals surface area contributed by atoms with Crippen LogP contribution in [0.5, 0.6) is 5.75 Å². The van der Waals surface area contributed by atoms with Crippen molar-refractivity contribution in [2.24, 2.45) is 0 Å². The van der Waals surface area contributed by atoms with Crippen LogP contribution in [0, 0.1) is 6.92 Å². The Bertz CT molecular complexity index is 481. The Balaban J connectivity index is 2.36. The van der Waals surface area contributed by atoms with E-state index in [1.54, 1.807) is 7.11 Å². The minimum Gasteiger partial charge on any atom is -0.496 e. The van der Waals surface area contributed by atoms with E-state index < -0.39 is 6.10 Å². The van der Waals surface area contributed by atoms with Crippen LogP contribution in [0.25, 0.3) is 0 Å². The molecular weight excluding hydrogens is 222 g/mol. The molecule has 1 aromatic carbocycles. The molecule has 1 aromatic heterocycles. The lowest BCUT2D eigenvalue weighted by Crippen LogP contribution is -2.01. The molecule has 0 amide bonds. The van der Waals surface area contributed by atoms with Gasteiger partial charge in [-0.3, -0.25) is 0 Å². The predicted octanol–water partition coefficient (Wildman–Crippen LogP) is 2.54. The number of aromatic nitrogens is 1. The Morgan fingerprint density at radius 1 is 1.38 bits per heavy atom. The van der Waals surface area contributed by atoms with Crippen molar-refractivity contribution in [1.29, 1.82) is 0 Å². The van der Waals surface area contributed by atoms with Gasteiger partial charge >= 0.3 is 0 Å². The van der Waals surface area contributed by atoms with Gasteiger partial charge in [-0.05, 0) is 13.0 Å². The molecule has 0 aliphatic carbocycles. The van der Waals surface area contributed by atoms with Crippen molar-refractivity contribution < 1.29 is 9.84 Å². The zero-order chi connectivity index (χ0) is 11.5. The molecule has 1 unspecified atom stereocenters. The van der Waals surface area contributed by atoms with Gasteiger partial charge < -0.3 is 9.84 Å². The predicted molar refractivity (Wildman–Crippen MR) is 63.9 cm³/mol. The van der Waals surface area contributed by atoms with Crippen LogP contribution in [0.15, 0.2) is 29.6 Å². The van der Waals surface area contributed by atoms with Crippen LogP contribution in [-0.4, -0.2) is 17.2 Å². The maximum atomic E-state index is 10.2. The zero-order valence-corrected chi connectivity index (χ0v) is 9.99. The van der Waals surface area contributed by atoms with Gasteiger partial charge in [0.05, 0.1) is 7.11 Å². The molecular formula is C12H13NO2S. The molecule has 0 bridgehead atoms. The number of nitrogens with zero attached hydrogens (tertiary/aromatic N) is 1. The molecule has 1 atom stereocenters. The summed E-state index contributed by atoms with van der Waals surface area (Å²) >= 11 is 1.46. The molecule has 2 aromatic rings. The van der Waals surface area contributed by atoms with Crippen molar-refractivity contribution in [1.82, 2.24) is 4.98 Å². The number of aliphatic hydroxyl groups is 1. The van der Waals surface area contributed by atoms with Crippen molar-refractivity contribution in [2.45, 2.75) is 13.0 Å². The molecule has 1 N–H and O–H groups in total. The molecule has 4 heteroatoms. The number of methoxy groups -OCH3 is 1. The highest BCUT2D eigenvalue weighted by atomic mass is 32.1. The van der Waals surface area contributed by atoms with Gasteiger partial charge in [0, 0.05) is 16.6 Å². The van der Waals surface area contributed by atoms with Crippen molar-refractivity contribution in [2.75, 3.05) is 7.11 Å². The van der Waals surface area contributed by atoms with Gasteiger partial charge in [0.25, 0.3) is 0 Å². The molecule has 0 fully saturated rings. The van der Waals surface area contributed by atoms with Crippen molar-refractivity contribution in [3.05, 3.63) is 45.9 Å². The molecule has 16 heavy (non-hydrogen) atoms. The van der Waals surface area contributed by atoms with Gasteiger partial charge in [0.2, 0.25) is 0 Å². The molecule has 0 saturated heterocycles. The SMILES string of the molecule is COc1ccccc1C(O)c1nc(C)cs1. The van der Waals surface area contributed by atoms with Crippen LogP contribution in [-0.2, 0) is 0 Å². The summed E-state index contributed by atoms with van der Waals surface area (Å²) in [6.45, 7) is 1.91. The number of hydrogen-bond donors (Lipinski definition) is 1. The summed E-state index contributed by atoms with van der Waals surface area (Å²) in [7, 11) is 1.60. The van der Waals surface area contributed by atoms with E-state index in [-0.39, 0.29) is 0 Å². The molecule has 84 valence electrons. The van der Waals surface area contributed by atoms with Gasteiger partial charge in [-0.25, -0.2) is 4.98 Å². The molecule has 0 saturated carbocycles. The highest BCUT2D eigenvalue weighted by Gasteiger charge is 2.17. The Morgan fingerprint density at radius 2 is 2.12 bits per heavy atom. The van der Waals surface area contributed by atoms with E-state index >= 15 is 0 Å². The lowest BCUT2D eigenvalue weighted by atomic mass is 10.1. The highest BCUT2D eigenvalue weighted by Crippen LogP contribution is 2.30. The Hall–Kier alpha value is -1.39. The number of ether oxygens (including phenoxy) is 1. The van der Waals surface area contributed by atoms with Crippen LogP contribution in [0.2, 0.25) is 0 Å². The largest absolute Gasteiger partial charge is 0.496 e. The smallest absolute Gasteiger partial charge is 0.134 e. The molecule has 1 heterocycles. The minimum absolute atomic E-state index is 0.683. The van der Waals surface area contributed by atoms with E-state index in [2.05, 4.69) is 4.98 Å². The molecule has 3 nitrogen and oxygen atoms in total. The van der Waals surface area contributed by atoms with Crippen LogP contribution in [0.1, 0.15) is 22.4 Å². The second-order valence-corrected chi connectivity index (χ2v) is 4.36. The second-order valence-electron chi connectivity index (χ2n) is 3.47. The molecule has 0 radical (unpaired) electrons. The van der Waals surface area contributed by atoms with Crippen LogP contribution >= 0.6 is 11.3 Å². The second kappa shape index (κ2) is 4.63. The van der Waals surface area contributed by atoms with Crippen molar-refractivity contribution >= 4 is 11.3 Å². The topological polar surface area (TPSA) is 42.4 Å². The fourth-order valence-corrected chi connectivity index (χ4v) is 2.32. The van der Waals surface area contributed by atoms with Gasteiger partial charge in [-0.1, -0.05) is 18.2 Å². The van der Waals surface area contributed by atoms with E-state index in [9.17, 15) is 5.11 Å². The molecule has 0 aliphatic rings. The van der Waals surface area contributed by atoms with Crippen molar-refractivity contribution in [3.63, 3.8) is 0 Å². The number of thiazole rings is 1. The van der Waals surface area contributed by atoms with E-state index in [4.69, 9.17) is 4.74 Å². The number of para-hydroxylation sites is 1. The Labute approximate surface area is 98.4 Å². The summed E-state index contributed by atoms with van der Waals surface area (Å²) < 4.78 is 5.21. The quantitative estimate of drug-likeness (QED) is 0.889. The fourth-order valence-electron chi connectivity index (χ4n) is 1.52. The van der Waals surface area contributed by atoms with E-state index in [0.29, 0.717) is 10.8 Å².